The van der Waals surface area contributed by atoms with Crippen LogP contribution in [-0.2, 0) is 0 Å². The Hall–Kier alpha value is -3.12. The van der Waals surface area contributed by atoms with Crippen molar-refractivity contribution in [2.24, 2.45) is 0 Å². The van der Waals surface area contributed by atoms with Crippen LogP contribution < -0.4 is 11.1 Å². The number of amides is 1. The standard InChI is InChI=1S/C21H20ClN5O/c1-3-12(2)24-21(28)17-18-20(26-15-10-6-5-9-14(15)25-18)27(19(17)23)16-11-7-4-8-13(16)22/h4-12H,3,23H2,1-2H3,(H,24,28)/t12-/m1/s1. The number of hydrogen-bond acceptors (Lipinski definition) is 4. The van der Waals surface area contributed by atoms with Gasteiger partial charge in [0.25, 0.3) is 5.91 Å². The Morgan fingerprint density at radius 2 is 1.79 bits per heavy atom. The third-order valence-electron chi connectivity index (χ3n) is 4.81. The van der Waals surface area contributed by atoms with Crippen LogP contribution in [0.1, 0.15) is 30.6 Å². The first-order chi connectivity index (χ1) is 13.5. The number of nitrogens with zero attached hydrogens (tertiary/aromatic N) is 3. The predicted octanol–water partition coefficient (Wildman–Crippen LogP) is 4.34. The molecule has 2 heterocycles. The summed E-state index contributed by atoms with van der Waals surface area (Å²) in [7, 11) is 0. The molecule has 0 saturated carbocycles. The molecule has 0 aliphatic rings. The summed E-state index contributed by atoms with van der Waals surface area (Å²) in [5, 5.41) is 3.48. The Morgan fingerprint density at radius 3 is 2.46 bits per heavy atom. The van der Waals surface area contributed by atoms with E-state index in [4.69, 9.17) is 27.3 Å². The molecule has 0 aliphatic carbocycles. The van der Waals surface area contributed by atoms with Gasteiger partial charge in [0.15, 0.2) is 5.65 Å². The van der Waals surface area contributed by atoms with Gasteiger partial charge in [-0.3, -0.25) is 9.36 Å². The summed E-state index contributed by atoms with van der Waals surface area (Å²) in [5.41, 5.74) is 9.80. The Balaban J connectivity index is 2.06. The maximum atomic E-state index is 13.0. The molecular formula is C21H20ClN5O. The third-order valence-corrected chi connectivity index (χ3v) is 5.13. The normalized spacial score (nSPS) is 12.4. The van der Waals surface area contributed by atoms with Gasteiger partial charge >= 0.3 is 0 Å². The molecule has 6 nitrogen and oxygen atoms in total. The number of anilines is 1. The van der Waals surface area contributed by atoms with Crippen LogP contribution in [0.4, 0.5) is 5.82 Å². The fourth-order valence-corrected chi connectivity index (χ4v) is 3.38. The average molecular weight is 394 g/mol. The van der Waals surface area contributed by atoms with Gasteiger partial charge in [-0.05, 0) is 37.6 Å². The van der Waals surface area contributed by atoms with E-state index in [9.17, 15) is 4.79 Å². The number of nitrogens with one attached hydrogen (secondary N) is 1. The molecule has 7 heteroatoms. The molecule has 0 radical (unpaired) electrons. The minimum atomic E-state index is -0.271. The molecule has 28 heavy (non-hydrogen) atoms. The van der Waals surface area contributed by atoms with Gasteiger partial charge in [0.05, 0.1) is 21.7 Å². The zero-order valence-electron chi connectivity index (χ0n) is 15.6. The molecular weight excluding hydrogens is 374 g/mol. The number of carbonyl (C=O) groups excluding carboxylic acids is 1. The molecule has 1 amide bonds. The van der Waals surface area contributed by atoms with Gasteiger partial charge in [0.1, 0.15) is 16.9 Å². The first-order valence-corrected chi connectivity index (χ1v) is 9.51. The van der Waals surface area contributed by atoms with Crippen LogP contribution in [0, 0.1) is 0 Å². The molecule has 142 valence electrons. The number of nitrogens with two attached hydrogens (primary N) is 1. The highest BCUT2D eigenvalue weighted by Crippen LogP contribution is 2.33. The summed E-state index contributed by atoms with van der Waals surface area (Å²) in [6.45, 7) is 3.96. The van der Waals surface area contributed by atoms with Crippen molar-refractivity contribution in [3.05, 3.63) is 59.1 Å². The number of carbonyl (C=O) groups is 1. The van der Waals surface area contributed by atoms with Crippen molar-refractivity contribution >= 4 is 45.5 Å². The van der Waals surface area contributed by atoms with Crippen LogP contribution in [0.15, 0.2) is 48.5 Å². The number of halogens is 1. The topological polar surface area (TPSA) is 85.8 Å². The number of fused-ring (bicyclic) bond motifs is 2. The average Bonchev–Trinajstić information content (AvgIpc) is 2.97. The first kappa shape index (κ1) is 18.3. The monoisotopic (exact) mass is 393 g/mol. The number of hydrogen-bond donors (Lipinski definition) is 2. The van der Waals surface area contributed by atoms with Crippen LogP contribution in [0.2, 0.25) is 5.02 Å². The lowest BCUT2D eigenvalue weighted by Crippen LogP contribution is -2.32. The molecule has 0 bridgehead atoms. The summed E-state index contributed by atoms with van der Waals surface area (Å²) in [6.07, 6.45) is 0.809. The Labute approximate surface area is 167 Å². The Kier molecular flexibility index (Phi) is 4.65. The van der Waals surface area contributed by atoms with Crippen LogP contribution in [-0.4, -0.2) is 26.5 Å². The first-order valence-electron chi connectivity index (χ1n) is 9.13. The number of rotatable bonds is 4. The van der Waals surface area contributed by atoms with Crippen molar-refractivity contribution in [3.8, 4) is 5.69 Å². The van der Waals surface area contributed by atoms with Gasteiger partial charge in [-0.25, -0.2) is 9.97 Å². The van der Waals surface area contributed by atoms with E-state index in [2.05, 4.69) is 5.32 Å². The fraction of sp³-hybridized carbons (Fsp3) is 0.190. The Bertz CT molecular complexity index is 1200. The predicted molar refractivity (Wildman–Crippen MR) is 113 cm³/mol. The molecule has 0 unspecified atom stereocenters. The molecule has 0 spiro atoms. The minimum Gasteiger partial charge on any atom is -0.384 e. The van der Waals surface area contributed by atoms with E-state index in [1.165, 1.54) is 0 Å². The minimum absolute atomic E-state index is 0.0130. The molecule has 0 fully saturated rings. The lowest BCUT2D eigenvalue weighted by atomic mass is 10.2. The molecule has 2 aromatic heterocycles. The maximum Gasteiger partial charge on any atom is 0.257 e. The second-order valence-electron chi connectivity index (χ2n) is 6.71. The molecule has 0 aliphatic heterocycles. The van der Waals surface area contributed by atoms with Crippen molar-refractivity contribution < 1.29 is 4.79 Å². The van der Waals surface area contributed by atoms with E-state index in [-0.39, 0.29) is 17.8 Å². The van der Waals surface area contributed by atoms with Crippen molar-refractivity contribution in [1.82, 2.24) is 19.9 Å². The number of para-hydroxylation sites is 3. The third kappa shape index (κ3) is 2.96. The molecule has 1 atom stereocenters. The van der Waals surface area contributed by atoms with Crippen LogP contribution in [0.3, 0.4) is 0 Å². The highest BCUT2D eigenvalue weighted by atomic mass is 35.5. The van der Waals surface area contributed by atoms with Gasteiger partial charge in [-0.1, -0.05) is 42.8 Å². The second kappa shape index (κ2) is 7.13. The quantitative estimate of drug-likeness (QED) is 0.540. The van der Waals surface area contributed by atoms with Crippen molar-refractivity contribution in [1.29, 1.82) is 0 Å². The maximum absolute atomic E-state index is 13.0. The zero-order chi connectivity index (χ0) is 19.8. The summed E-state index contributed by atoms with van der Waals surface area (Å²) < 4.78 is 1.70. The molecule has 4 rings (SSSR count). The van der Waals surface area contributed by atoms with E-state index in [0.29, 0.717) is 33.0 Å². The van der Waals surface area contributed by atoms with Crippen LogP contribution in [0.5, 0.6) is 0 Å². The highest BCUT2D eigenvalue weighted by Gasteiger charge is 2.26. The molecule has 3 N–H and O–H groups in total. The molecule has 2 aromatic carbocycles. The number of aromatic nitrogens is 3. The van der Waals surface area contributed by atoms with Gasteiger partial charge in [0, 0.05) is 6.04 Å². The van der Waals surface area contributed by atoms with Crippen molar-refractivity contribution in [2.45, 2.75) is 26.3 Å². The zero-order valence-corrected chi connectivity index (χ0v) is 16.4. The number of nitrogen functional groups attached to an aromatic ring is 1. The SMILES string of the molecule is CC[C@@H](C)NC(=O)c1c(N)n(-c2ccccc2Cl)c2nc3ccccc3nc12. The summed E-state index contributed by atoms with van der Waals surface area (Å²) in [6, 6.07) is 14.8. The van der Waals surface area contributed by atoms with Crippen molar-refractivity contribution in [2.75, 3.05) is 5.73 Å². The van der Waals surface area contributed by atoms with Crippen molar-refractivity contribution in [3.63, 3.8) is 0 Å². The second-order valence-corrected chi connectivity index (χ2v) is 7.12. The van der Waals surface area contributed by atoms with Gasteiger partial charge < -0.3 is 11.1 Å². The smallest absolute Gasteiger partial charge is 0.257 e. The van der Waals surface area contributed by atoms with Gasteiger partial charge in [0.2, 0.25) is 0 Å². The largest absolute Gasteiger partial charge is 0.384 e. The van der Waals surface area contributed by atoms with Gasteiger partial charge in [-0.15, -0.1) is 0 Å². The lowest BCUT2D eigenvalue weighted by Gasteiger charge is -2.12. The molecule has 4 aromatic rings. The number of benzene rings is 2. The lowest BCUT2D eigenvalue weighted by molar-refractivity contribution is 0.0941. The summed E-state index contributed by atoms with van der Waals surface area (Å²) in [4.78, 5) is 22.5. The van der Waals surface area contributed by atoms with Gasteiger partial charge in [-0.2, -0.15) is 0 Å². The van der Waals surface area contributed by atoms with Crippen LogP contribution in [0.25, 0.3) is 27.9 Å². The van der Waals surface area contributed by atoms with E-state index in [1.54, 1.807) is 10.6 Å². The Morgan fingerprint density at radius 1 is 1.14 bits per heavy atom. The summed E-state index contributed by atoms with van der Waals surface area (Å²) in [5.74, 6) is -0.00792. The van der Waals surface area contributed by atoms with E-state index in [0.717, 1.165) is 11.9 Å². The fourth-order valence-electron chi connectivity index (χ4n) is 3.16. The highest BCUT2D eigenvalue weighted by molar-refractivity contribution is 6.32. The summed E-state index contributed by atoms with van der Waals surface area (Å²) >= 11 is 6.42. The van der Waals surface area contributed by atoms with E-state index >= 15 is 0 Å². The van der Waals surface area contributed by atoms with Crippen LogP contribution >= 0.6 is 11.6 Å². The van der Waals surface area contributed by atoms with E-state index in [1.807, 2.05) is 56.3 Å². The van der Waals surface area contributed by atoms with E-state index < -0.39 is 0 Å². The molecule has 0 saturated heterocycles.